The van der Waals surface area contributed by atoms with Crippen molar-refractivity contribution in [2.75, 3.05) is 0 Å². The van der Waals surface area contributed by atoms with Crippen molar-refractivity contribution in [1.29, 1.82) is 5.26 Å². The third-order valence-corrected chi connectivity index (χ3v) is 3.97. The van der Waals surface area contributed by atoms with Gasteiger partial charge in [-0.25, -0.2) is 0 Å². The van der Waals surface area contributed by atoms with Crippen LogP contribution in [0.15, 0.2) is 34.1 Å². The number of hydrogen-bond donors (Lipinski definition) is 1. The number of pyridine rings is 1. The van der Waals surface area contributed by atoms with Crippen LogP contribution >= 0.6 is 11.6 Å². The van der Waals surface area contributed by atoms with E-state index in [0.717, 1.165) is 12.8 Å². The van der Waals surface area contributed by atoms with E-state index in [-0.39, 0.29) is 11.4 Å². The molecule has 0 bridgehead atoms. The Labute approximate surface area is 145 Å². The zero-order chi connectivity index (χ0) is 17.7. The van der Waals surface area contributed by atoms with Gasteiger partial charge in [-0.15, -0.1) is 0 Å². The molecule has 1 aromatic heterocycles. The Kier molecular flexibility index (Phi) is 5.78. The van der Waals surface area contributed by atoms with Crippen LogP contribution in [0.3, 0.4) is 0 Å². The topological polar surface area (TPSA) is 78.4 Å². The van der Waals surface area contributed by atoms with Crippen molar-refractivity contribution in [3.63, 3.8) is 0 Å². The highest BCUT2D eigenvalue weighted by Crippen LogP contribution is 2.22. The zero-order valence-electron chi connectivity index (χ0n) is 13.6. The highest BCUT2D eigenvalue weighted by Gasteiger charge is 2.17. The summed E-state index contributed by atoms with van der Waals surface area (Å²) in [6.45, 7) is 3.97. The molecular formula is C18H18ClN3O2. The van der Waals surface area contributed by atoms with Crippen LogP contribution in [0, 0.1) is 18.3 Å². The average molecular weight is 344 g/mol. The van der Waals surface area contributed by atoms with Crippen LogP contribution < -0.4 is 5.56 Å². The minimum absolute atomic E-state index is 0.0245. The van der Waals surface area contributed by atoms with Crippen LogP contribution in [0.5, 0.6) is 5.88 Å². The van der Waals surface area contributed by atoms with E-state index in [2.05, 4.69) is 4.99 Å². The number of aromatic nitrogens is 1. The Morgan fingerprint density at radius 3 is 2.83 bits per heavy atom. The molecule has 0 amide bonds. The van der Waals surface area contributed by atoms with Gasteiger partial charge in [0, 0.05) is 17.8 Å². The lowest BCUT2D eigenvalue weighted by atomic mass is 10.1. The summed E-state index contributed by atoms with van der Waals surface area (Å²) >= 11 is 5.93. The predicted octanol–water partition coefficient (Wildman–Crippen LogP) is 3.94. The number of nitriles is 1. The van der Waals surface area contributed by atoms with Crippen LogP contribution in [0.25, 0.3) is 0 Å². The van der Waals surface area contributed by atoms with Crippen LogP contribution in [0.1, 0.15) is 36.5 Å². The Balaban J connectivity index is 2.56. The van der Waals surface area contributed by atoms with Gasteiger partial charge in [-0.05, 0) is 37.1 Å². The Morgan fingerprint density at radius 1 is 1.46 bits per heavy atom. The van der Waals surface area contributed by atoms with Crippen LogP contribution in [-0.2, 0) is 6.54 Å². The first-order valence-corrected chi connectivity index (χ1v) is 8.03. The second-order valence-electron chi connectivity index (χ2n) is 5.40. The van der Waals surface area contributed by atoms with Gasteiger partial charge in [0.2, 0.25) is 5.88 Å². The summed E-state index contributed by atoms with van der Waals surface area (Å²) in [5.41, 5.74) is 0.948. The van der Waals surface area contributed by atoms with Crippen molar-refractivity contribution >= 4 is 23.5 Å². The van der Waals surface area contributed by atoms with Crippen molar-refractivity contribution in [2.24, 2.45) is 4.99 Å². The molecule has 0 atom stereocenters. The van der Waals surface area contributed by atoms with Crippen LogP contribution in [0.2, 0.25) is 5.02 Å². The van der Waals surface area contributed by atoms with Crippen LogP contribution in [0.4, 0.5) is 5.69 Å². The number of rotatable bonds is 5. The Morgan fingerprint density at radius 2 is 2.21 bits per heavy atom. The highest BCUT2D eigenvalue weighted by molar-refractivity contribution is 6.30. The van der Waals surface area contributed by atoms with E-state index >= 15 is 0 Å². The minimum atomic E-state index is -0.471. The van der Waals surface area contributed by atoms with Crippen molar-refractivity contribution in [3.05, 3.63) is 56.3 Å². The van der Waals surface area contributed by atoms with Crippen LogP contribution in [-0.4, -0.2) is 15.9 Å². The number of halogens is 1. The molecule has 2 rings (SSSR count). The average Bonchev–Trinajstić information content (AvgIpc) is 2.55. The summed E-state index contributed by atoms with van der Waals surface area (Å²) < 4.78 is 1.23. The second kappa shape index (κ2) is 7.80. The maximum absolute atomic E-state index is 12.3. The van der Waals surface area contributed by atoms with E-state index < -0.39 is 5.56 Å². The van der Waals surface area contributed by atoms with E-state index in [1.807, 2.05) is 13.0 Å². The van der Waals surface area contributed by atoms with Gasteiger partial charge >= 0.3 is 0 Å². The fourth-order valence-electron chi connectivity index (χ4n) is 2.34. The maximum atomic E-state index is 12.3. The van der Waals surface area contributed by atoms with Crippen molar-refractivity contribution in [2.45, 2.75) is 33.2 Å². The van der Waals surface area contributed by atoms with Gasteiger partial charge in [0.1, 0.15) is 11.6 Å². The zero-order valence-corrected chi connectivity index (χ0v) is 14.3. The molecule has 5 nitrogen and oxygen atoms in total. The van der Waals surface area contributed by atoms with Crippen molar-refractivity contribution < 1.29 is 5.11 Å². The molecule has 1 aromatic carbocycles. The summed E-state index contributed by atoms with van der Waals surface area (Å²) in [6, 6.07) is 8.89. The smallest absolute Gasteiger partial charge is 0.271 e. The van der Waals surface area contributed by atoms with Gasteiger partial charge < -0.3 is 5.11 Å². The normalized spacial score (nSPS) is 10.9. The molecule has 0 unspecified atom stereocenters. The van der Waals surface area contributed by atoms with Gasteiger partial charge in [0.15, 0.2) is 0 Å². The molecule has 0 aliphatic heterocycles. The molecule has 0 aliphatic rings. The molecule has 1 N–H and O–H groups in total. The summed E-state index contributed by atoms with van der Waals surface area (Å²) in [5.74, 6) is -0.171. The molecule has 0 radical (unpaired) electrons. The highest BCUT2D eigenvalue weighted by atomic mass is 35.5. The van der Waals surface area contributed by atoms with E-state index in [0.29, 0.717) is 28.4 Å². The molecule has 0 fully saturated rings. The van der Waals surface area contributed by atoms with E-state index in [4.69, 9.17) is 11.6 Å². The van der Waals surface area contributed by atoms with Gasteiger partial charge in [-0.1, -0.05) is 31.0 Å². The van der Waals surface area contributed by atoms with E-state index in [1.165, 1.54) is 10.8 Å². The van der Waals surface area contributed by atoms with Gasteiger partial charge in [0.25, 0.3) is 5.56 Å². The van der Waals surface area contributed by atoms with Crippen molar-refractivity contribution in [3.8, 4) is 11.9 Å². The molecule has 6 heteroatoms. The molecule has 24 heavy (non-hydrogen) atoms. The van der Waals surface area contributed by atoms with Crippen molar-refractivity contribution in [1.82, 2.24) is 4.57 Å². The second-order valence-corrected chi connectivity index (χ2v) is 5.83. The number of unbranched alkanes of at least 4 members (excludes halogenated alkanes) is 1. The molecular weight excluding hydrogens is 326 g/mol. The lowest BCUT2D eigenvalue weighted by Gasteiger charge is -2.13. The monoisotopic (exact) mass is 343 g/mol. The van der Waals surface area contributed by atoms with Gasteiger partial charge in [0.05, 0.1) is 11.3 Å². The van der Waals surface area contributed by atoms with Gasteiger partial charge in [-0.2, -0.15) is 5.26 Å². The maximum Gasteiger partial charge on any atom is 0.271 e. The molecule has 0 saturated heterocycles. The lowest BCUT2D eigenvalue weighted by molar-refractivity contribution is 0.400. The summed E-state index contributed by atoms with van der Waals surface area (Å²) in [7, 11) is 0. The number of aromatic hydroxyl groups is 1. The fraction of sp³-hybridized carbons (Fsp3) is 0.278. The van der Waals surface area contributed by atoms with E-state index in [9.17, 15) is 15.2 Å². The largest absolute Gasteiger partial charge is 0.494 e. The first-order valence-electron chi connectivity index (χ1n) is 7.65. The third kappa shape index (κ3) is 3.66. The molecule has 2 aromatic rings. The fourth-order valence-corrected chi connectivity index (χ4v) is 2.53. The summed E-state index contributed by atoms with van der Waals surface area (Å²) in [6.07, 6.45) is 3.05. The summed E-state index contributed by atoms with van der Waals surface area (Å²) in [4.78, 5) is 16.6. The molecule has 0 saturated carbocycles. The van der Waals surface area contributed by atoms with Gasteiger partial charge in [-0.3, -0.25) is 14.4 Å². The molecule has 124 valence electrons. The third-order valence-electron chi connectivity index (χ3n) is 3.73. The number of nitrogens with zero attached hydrogens (tertiary/aromatic N) is 3. The standard InChI is InChI=1S/C18H18ClN3O2/c1-3-4-8-22-17(23)15(10-20)12(2)16(18(22)24)11-21-14-7-5-6-13(19)9-14/h5-7,9,11,24H,3-4,8H2,1-2H3. The predicted molar refractivity (Wildman–Crippen MR) is 95.4 cm³/mol. The Hall–Kier alpha value is -2.58. The SMILES string of the molecule is CCCCn1c(O)c(C=Nc2cccc(Cl)c2)c(C)c(C#N)c1=O. The number of hydrogen-bond acceptors (Lipinski definition) is 4. The molecule has 0 spiro atoms. The lowest BCUT2D eigenvalue weighted by Crippen LogP contribution is -2.25. The first-order chi connectivity index (χ1) is 11.5. The first kappa shape index (κ1) is 17.8. The minimum Gasteiger partial charge on any atom is -0.494 e. The Bertz CT molecular complexity index is 879. The van der Waals surface area contributed by atoms with E-state index in [1.54, 1.807) is 31.2 Å². The molecule has 1 heterocycles. The molecule has 0 aliphatic carbocycles. The quantitative estimate of drug-likeness (QED) is 0.835. The number of benzene rings is 1. The number of aliphatic imine (C=N–C) groups is 1. The summed E-state index contributed by atoms with van der Waals surface area (Å²) in [5, 5.41) is 20.3.